The van der Waals surface area contributed by atoms with E-state index in [1.54, 1.807) is 4.68 Å². The average Bonchev–Trinajstić information content (AvgIpc) is 2.72. The smallest absolute Gasteiger partial charge is 0.272 e. The first-order valence-electron chi connectivity index (χ1n) is 6.13. The maximum atomic E-state index is 12.3. The molecule has 1 saturated heterocycles. The zero-order chi connectivity index (χ0) is 12.4. The summed E-state index contributed by atoms with van der Waals surface area (Å²) in [7, 11) is 1.83. The molecule has 0 aromatic carbocycles. The first-order chi connectivity index (χ1) is 8.09. The van der Waals surface area contributed by atoms with Gasteiger partial charge in [0.1, 0.15) is 5.69 Å². The first-order valence-corrected chi connectivity index (χ1v) is 6.13. The summed E-state index contributed by atoms with van der Waals surface area (Å²) in [6, 6.07) is 1.91. The highest BCUT2D eigenvalue weighted by Gasteiger charge is 2.22. The van der Waals surface area contributed by atoms with Crippen molar-refractivity contribution in [1.82, 2.24) is 20.0 Å². The van der Waals surface area contributed by atoms with Gasteiger partial charge in [0.25, 0.3) is 5.91 Å². The molecule has 1 fully saturated rings. The summed E-state index contributed by atoms with van der Waals surface area (Å²) in [6.07, 6.45) is 0. The Balaban J connectivity index is 2.18. The molecule has 1 aromatic rings. The molecule has 1 aliphatic rings. The molecule has 1 N–H and O–H groups in total. The van der Waals surface area contributed by atoms with Crippen molar-refractivity contribution < 1.29 is 4.79 Å². The highest BCUT2D eigenvalue weighted by molar-refractivity contribution is 5.92. The number of nitrogens with one attached hydrogen (secondary N) is 1. The van der Waals surface area contributed by atoms with Gasteiger partial charge in [0, 0.05) is 33.2 Å². The second kappa shape index (κ2) is 4.87. The molecule has 2 rings (SSSR count). The van der Waals surface area contributed by atoms with Crippen LogP contribution in [0.25, 0.3) is 0 Å². The van der Waals surface area contributed by atoms with Gasteiger partial charge in [-0.2, -0.15) is 5.10 Å². The Morgan fingerprint density at radius 1 is 1.41 bits per heavy atom. The Labute approximate surface area is 102 Å². The van der Waals surface area contributed by atoms with Gasteiger partial charge < -0.3 is 10.2 Å². The van der Waals surface area contributed by atoms with Crippen LogP contribution in [0.3, 0.4) is 0 Å². The Kier molecular flexibility index (Phi) is 3.47. The zero-order valence-electron chi connectivity index (χ0n) is 10.7. The van der Waals surface area contributed by atoms with Crippen molar-refractivity contribution in [2.45, 2.75) is 19.8 Å². The topological polar surface area (TPSA) is 50.2 Å². The molecule has 0 atom stereocenters. The Morgan fingerprint density at radius 3 is 2.59 bits per heavy atom. The van der Waals surface area contributed by atoms with Gasteiger partial charge >= 0.3 is 0 Å². The summed E-state index contributed by atoms with van der Waals surface area (Å²) in [4.78, 5) is 14.2. The molecule has 5 heteroatoms. The first kappa shape index (κ1) is 12.1. The van der Waals surface area contributed by atoms with E-state index in [-0.39, 0.29) is 5.91 Å². The van der Waals surface area contributed by atoms with Crippen molar-refractivity contribution >= 4 is 5.91 Å². The van der Waals surface area contributed by atoms with Crippen LogP contribution in [0.2, 0.25) is 0 Å². The van der Waals surface area contributed by atoms with Gasteiger partial charge in [-0.25, -0.2) is 0 Å². The van der Waals surface area contributed by atoms with Crippen LogP contribution in [0.15, 0.2) is 6.07 Å². The predicted octanol–water partition coefficient (Wildman–Crippen LogP) is 0.589. The summed E-state index contributed by atoms with van der Waals surface area (Å²) in [5.74, 6) is 0.444. The van der Waals surface area contributed by atoms with E-state index in [0.717, 1.165) is 31.9 Å². The molecule has 0 spiro atoms. The SMILES string of the molecule is CC(C)c1cc(C(=O)N2CCNCC2)n(C)n1. The minimum Gasteiger partial charge on any atom is -0.335 e. The van der Waals surface area contributed by atoms with Crippen LogP contribution in [0, 0.1) is 0 Å². The molecular formula is C12H20N4O. The van der Waals surface area contributed by atoms with Crippen LogP contribution in [-0.2, 0) is 7.05 Å². The number of hydrogen-bond acceptors (Lipinski definition) is 3. The van der Waals surface area contributed by atoms with Crippen molar-refractivity contribution in [3.05, 3.63) is 17.5 Å². The monoisotopic (exact) mass is 236 g/mol. The van der Waals surface area contributed by atoms with Crippen LogP contribution in [0.4, 0.5) is 0 Å². The largest absolute Gasteiger partial charge is 0.335 e. The lowest BCUT2D eigenvalue weighted by atomic mass is 10.1. The summed E-state index contributed by atoms with van der Waals surface area (Å²) >= 11 is 0. The fourth-order valence-corrected chi connectivity index (χ4v) is 2.00. The number of hydrogen-bond donors (Lipinski definition) is 1. The van der Waals surface area contributed by atoms with Crippen LogP contribution in [0.1, 0.15) is 35.9 Å². The second-order valence-electron chi connectivity index (χ2n) is 4.77. The Hall–Kier alpha value is -1.36. The molecule has 0 saturated carbocycles. The van der Waals surface area contributed by atoms with Gasteiger partial charge in [0.15, 0.2) is 0 Å². The number of amides is 1. The summed E-state index contributed by atoms with van der Waals surface area (Å²) in [5, 5.41) is 7.62. The molecule has 0 unspecified atom stereocenters. The summed E-state index contributed by atoms with van der Waals surface area (Å²) < 4.78 is 1.69. The molecule has 1 amide bonds. The summed E-state index contributed by atoms with van der Waals surface area (Å²) in [5.41, 5.74) is 1.67. The van der Waals surface area contributed by atoms with Crippen LogP contribution < -0.4 is 5.32 Å². The van der Waals surface area contributed by atoms with Crippen molar-refractivity contribution in [2.24, 2.45) is 7.05 Å². The molecule has 0 aliphatic carbocycles. The number of nitrogens with zero attached hydrogens (tertiary/aromatic N) is 3. The third-order valence-corrected chi connectivity index (χ3v) is 3.11. The van der Waals surface area contributed by atoms with Crippen molar-refractivity contribution in [3.63, 3.8) is 0 Å². The third kappa shape index (κ3) is 2.49. The fourth-order valence-electron chi connectivity index (χ4n) is 2.00. The minimum absolute atomic E-state index is 0.0911. The van der Waals surface area contributed by atoms with Crippen LogP contribution >= 0.6 is 0 Å². The average molecular weight is 236 g/mol. The number of aromatic nitrogens is 2. The molecule has 17 heavy (non-hydrogen) atoms. The van der Waals surface area contributed by atoms with Crippen LogP contribution in [-0.4, -0.2) is 46.8 Å². The van der Waals surface area contributed by atoms with Gasteiger partial charge in [0.05, 0.1) is 5.69 Å². The molecule has 5 nitrogen and oxygen atoms in total. The number of piperazine rings is 1. The van der Waals surface area contributed by atoms with E-state index in [1.165, 1.54) is 0 Å². The highest BCUT2D eigenvalue weighted by atomic mass is 16.2. The number of carbonyl (C=O) groups is 1. The van der Waals surface area contributed by atoms with E-state index in [2.05, 4.69) is 24.3 Å². The number of rotatable bonds is 2. The van der Waals surface area contributed by atoms with E-state index < -0.39 is 0 Å². The van der Waals surface area contributed by atoms with E-state index in [4.69, 9.17) is 0 Å². The molecule has 0 bridgehead atoms. The lowest BCUT2D eigenvalue weighted by Gasteiger charge is -2.27. The molecule has 2 heterocycles. The van der Waals surface area contributed by atoms with Crippen molar-refractivity contribution in [3.8, 4) is 0 Å². The van der Waals surface area contributed by atoms with Gasteiger partial charge in [0.2, 0.25) is 0 Å². The Morgan fingerprint density at radius 2 is 2.06 bits per heavy atom. The number of carbonyl (C=O) groups excluding carboxylic acids is 1. The van der Waals surface area contributed by atoms with Gasteiger partial charge in [-0.3, -0.25) is 9.48 Å². The zero-order valence-corrected chi connectivity index (χ0v) is 10.7. The highest BCUT2D eigenvalue weighted by Crippen LogP contribution is 2.15. The van der Waals surface area contributed by atoms with Crippen LogP contribution in [0.5, 0.6) is 0 Å². The molecule has 1 aliphatic heterocycles. The standard InChI is InChI=1S/C12H20N4O/c1-9(2)10-8-11(15(3)14-10)12(17)16-6-4-13-5-7-16/h8-9,13H,4-7H2,1-3H3. The van der Waals surface area contributed by atoms with Crippen molar-refractivity contribution in [2.75, 3.05) is 26.2 Å². The lowest BCUT2D eigenvalue weighted by molar-refractivity contribution is 0.0724. The number of aryl methyl sites for hydroxylation is 1. The lowest BCUT2D eigenvalue weighted by Crippen LogP contribution is -2.46. The minimum atomic E-state index is 0.0911. The quantitative estimate of drug-likeness (QED) is 0.817. The maximum Gasteiger partial charge on any atom is 0.272 e. The molecule has 1 aromatic heterocycles. The van der Waals surface area contributed by atoms with Crippen molar-refractivity contribution in [1.29, 1.82) is 0 Å². The second-order valence-corrected chi connectivity index (χ2v) is 4.77. The van der Waals surface area contributed by atoms with E-state index in [1.807, 2.05) is 18.0 Å². The molecular weight excluding hydrogens is 216 g/mol. The molecule has 0 radical (unpaired) electrons. The third-order valence-electron chi connectivity index (χ3n) is 3.11. The normalized spacial score (nSPS) is 16.6. The Bertz CT molecular complexity index is 405. The van der Waals surface area contributed by atoms with E-state index in [0.29, 0.717) is 11.6 Å². The molecule has 94 valence electrons. The van der Waals surface area contributed by atoms with E-state index in [9.17, 15) is 4.79 Å². The fraction of sp³-hybridized carbons (Fsp3) is 0.667. The maximum absolute atomic E-state index is 12.3. The van der Waals surface area contributed by atoms with Gasteiger partial charge in [-0.1, -0.05) is 13.8 Å². The van der Waals surface area contributed by atoms with E-state index >= 15 is 0 Å². The van der Waals surface area contributed by atoms with Gasteiger partial charge in [-0.05, 0) is 12.0 Å². The van der Waals surface area contributed by atoms with Gasteiger partial charge in [-0.15, -0.1) is 0 Å². The predicted molar refractivity (Wildman–Crippen MR) is 66.1 cm³/mol. The summed E-state index contributed by atoms with van der Waals surface area (Å²) in [6.45, 7) is 7.48.